The van der Waals surface area contributed by atoms with Crippen molar-refractivity contribution < 1.29 is 0 Å². The van der Waals surface area contributed by atoms with Crippen LogP contribution in [0.2, 0.25) is 0 Å². The quantitative estimate of drug-likeness (QED) is 0.0756. The van der Waals surface area contributed by atoms with Gasteiger partial charge in [0.25, 0.3) is 0 Å². The van der Waals surface area contributed by atoms with Crippen LogP contribution in [0.25, 0.3) is 0 Å². The fraction of sp³-hybridized carbons (Fsp3) is 0.289. The number of anilines is 5. The first-order valence-electron chi connectivity index (χ1n) is 16.7. The summed E-state index contributed by atoms with van der Waals surface area (Å²) in [7, 11) is 0. The van der Waals surface area contributed by atoms with Crippen LogP contribution in [0, 0.1) is 27.7 Å². The maximum Gasteiger partial charge on any atom is 0.233 e. The lowest BCUT2D eigenvalue weighted by atomic mass is 10.1. The van der Waals surface area contributed by atoms with Crippen molar-refractivity contribution in [2.75, 3.05) is 42.1 Å². The summed E-state index contributed by atoms with van der Waals surface area (Å²) in [5, 5.41) is 27.9. The highest BCUT2D eigenvalue weighted by atomic mass is 15.3. The van der Waals surface area contributed by atoms with Gasteiger partial charge in [-0.1, -0.05) is 50.2 Å². The van der Waals surface area contributed by atoms with E-state index < -0.39 is 0 Å². The van der Waals surface area contributed by atoms with E-state index in [0.717, 1.165) is 89.0 Å². The summed E-state index contributed by atoms with van der Waals surface area (Å²) >= 11 is 0. The van der Waals surface area contributed by atoms with Crippen LogP contribution in [0.5, 0.6) is 0 Å². The van der Waals surface area contributed by atoms with Crippen molar-refractivity contribution >= 4 is 52.0 Å². The van der Waals surface area contributed by atoms with Gasteiger partial charge in [0.15, 0.2) is 0 Å². The normalized spacial score (nSPS) is 11.5. The lowest BCUT2D eigenvalue weighted by Gasteiger charge is -2.17. The molecule has 0 amide bonds. The summed E-state index contributed by atoms with van der Waals surface area (Å²) < 4.78 is 0. The van der Waals surface area contributed by atoms with E-state index in [1.807, 2.05) is 113 Å². The smallest absolute Gasteiger partial charge is 0.233 e. The summed E-state index contributed by atoms with van der Waals surface area (Å²) in [4.78, 5) is 16.4. The zero-order valence-corrected chi connectivity index (χ0v) is 29.2. The number of rotatable bonds is 15. The van der Waals surface area contributed by atoms with Gasteiger partial charge in [0.2, 0.25) is 17.8 Å². The molecule has 0 aliphatic heterocycles. The maximum atomic E-state index is 4.67. The molecule has 0 saturated heterocycles. The molecule has 5 aromatic rings. The first-order chi connectivity index (χ1) is 23.8. The number of benzene rings is 4. The molecule has 0 aliphatic carbocycles. The van der Waals surface area contributed by atoms with E-state index in [4.69, 9.17) is 0 Å². The molecule has 49 heavy (non-hydrogen) atoms. The Bertz CT molecular complexity index is 1710. The minimum Gasteiger partial charge on any atom is -0.354 e. The second kappa shape index (κ2) is 17.0. The van der Waals surface area contributed by atoms with Crippen molar-refractivity contribution in [1.29, 1.82) is 0 Å². The van der Waals surface area contributed by atoms with E-state index in [0.29, 0.717) is 17.8 Å². The van der Waals surface area contributed by atoms with Crippen LogP contribution in [0.4, 0.5) is 52.0 Å². The molecule has 11 nitrogen and oxygen atoms in total. The SMILES string of the molecule is CCN(CC)CCCNc1nc(Nc2ccc(N=Nc3c(C)cccc3C)cc2)nc(Nc2ccc(N=Nc3c(C)cccc3C)cc2)n1. The molecule has 0 spiro atoms. The Morgan fingerprint density at radius 3 is 1.35 bits per heavy atom. The summed E-state index contributed by atoms with van der Waals surface area (Å²) in [6.45, 7) is 16.3. The van der Waals surface area contributed by atoms with Gasteiger partial charge in [0, 0.05) is 17.9 Å². The Morgan fingerprint density at radius 1 is 0.531 bits per heavy atom. The molecule has 1 aromatic heterocycles. The first-order valence-corrected chi connectivity index (χ1v) is 16.7. The molecule has 0 fully saturated rings. The molecule has 5 rings (SSSR count). The van der Waals surface area contributed by atoms with Crippen LogP contribution in [-0.4, -0.2) is 46.0 Å². The molecular formula is C38H45N11. The van der Waals surface area contributed by atoms with Crippen molar-refractivity contribution in [2.45, 2.75) is 48.0 Å². The zero-order chi connectivity index (χ0) is 34.6. The van der Waals surface area contributed by atoms with Crippen LogP contribution in [0.15, 0.2) is 105 Å². The van der Waals surface area contributed by atoms with Gasteiger partial charge >= 0.3 is 0 Å². The minimum atomic E-state index is 0.410. The molecule has 4 aromatic carbocycles. The van der Waals surface area contributed by atoms with Crippen molar-refractivity contribution in [3.8, 4) is 0 Å². The summed E-state index contributed by atoms with van der Waals surface area (Å²) in [5.41, 5.74) is 9.27. The van der Waals surface area contributed by atoms with Gasteiger partial charge < -0.3 is 20.9 Å². The first kappa shape index (κ1) is 34.8. The van der Waals surface area contributed by atoms with E-state index in [1.54, 1.807) is 0 Å². The van der Waals surface area contributed by atoms with Gasteiger partial charge in [-0.25, -0.2) is 0 Å². The fourth-order valence-corrected chi connectivity index (χ4v) is 5.23. The van der Waals surface area contributed by atoms with Gasteiger partial charge in [-0.2, -0.15) is 35.4 Å². The molecule has 252 valence electrons. The lowest BCUT2D eigenvalue weighted by Crippen LogP contribution is -2.25. The largest absolute Gasteiger partial charge is 0.354 e. The second-order valence-corrected chi connectivity index (χ2v) is 11.8. The molecule has 11 heteroatoms. The Hall–Kier alpha value is -5.55. The van der Waals surface area contributed by atoms with Gasteiger partial charge in [-0.3, -0.25) is 0 Å². The lowest BCUT2D eigenvalue weighted by molar-refractivity contribution is 0.303. The van der Waals surface area contributed by atoms with Crippen LogP contribution in [-0.2, 0) is 0 Å². The number of hydrogen-bond donors (Lipinski definition) is 3. The predicted molar refractivity (Wildman–Crippen MR) is 200 cm³/mol. The van der Waals surface area contributed by atoms with Gasteiger partial charge in [-0.05, 0) is 125 Å². The number of azo groups is 2. The molecule has 1 heterocycles. The highest BCUT2D eigenvalue weighted by Crippen LogP contribution is 2.28. The van der Waals surface area contributed by atoms with Crippen molar-refractivity contribution in [3.63, 3.8) is 0 Å². The Kier molecular flexibility index (Phi) is 12.1. The molecule has 0 unspecified atom stereocenters. The van der Waals surface area contributed by atoms with Gasteiger partial charge in [-0.15, -0.1) is 0 Å². The van der Waals surface area contributed by atoms with Crippen molar-refractivity contribution in [1.82, 2.24) is 19.9 Å². The molecule has 3 N–H and O–H groups in total. The monoisotopic (exact) mass is 655 g/mol. The van der Waals surface area contributed by atoms with E-state index in [1.165, 1.54) is 0 Å². The molecule has 0 atom stereocenters. The van der Waals surface area contributed by atoms with Gasteiger partial charge in [0.1, 0.15) is 0 Å². The minimum absolute atomic E-state index is 0.410. The molecular weight excluding hydrogens is 610 g/mol. The summed E-state index contributed by atoms with van der Waals surface area (Å²) in [6.07, 6.45) is 0.967. The van der Waals surface area contributed by atoms with E-state index in [2.05, 4.69) is 70.1 Å². The average Bonchev–Trinajstić information content (AvgIpc) is 3.09. The van der Waals surface area contributed by atoms with Crippen LogP contribution in [0.1, 0.15) is 42.5 Å². The molecule has 0 aliphatic rings. The number of nitrogens with one attached hydrogen (secondary N) is 3. The highest BCUT2D eigenvalue weighted by Gasteiger charge is 2.09. The number of hydrogen-bond acceptors (Lipinski definition) is 11. The average molecular weight is 656 g/mol. The fourth-order valence-electron chi connectivity index (χ4n) is 5.23. The van der Waals surface area contributed by atoms with Crippen LogP contribution < -0.4 is 16.0 Å². The van der Waals surface area contributed by atoms with Gasteiger partial charge in [0.05, 0.1) is 22.7 Å². The van der Waals surface area contributed by atoms with Crippen LogP contribution >= 0.6 is 0 Å². The maximum absolute atomic E-state index is 4.67. The number of aromatic nitrogens is 3. The number of nitrogens with zero attached hydrogens (tertiary/aromatic N) is 8. The predicted octanol–water partition coefficient (Wildman–Crippen LogP) is 10.6. The second-order valence-electron chi connectivity index (χ2n) is 11.8. The van der Waals surface area contributed by atoms with E-state index in [9.17, 15) is 0 Å². The molecule has 0 radical (unpaired) electrons. The van der Waals surface area contributed by atoms with Crippen LogP contribution in [0.3, 0.4) is 0 Å². The summed E-state index contributed by atoms with van der Waals surface area (Å²) in [5.74, 6) is 1.30. The van der Waals surface area contributed by atoms with Crippen molar-refractivity contribution in [2.24, 2.45) is 20.5 Å². The third-order valence-electron chi connectivity index (χ3n) is 8.12. The summed E-state index contributed by atoms with van der Waals surface area (Å²) in [6, 6.07) is 27.6. The zero-order valence-electron chi connectivity index (χ0n) is 29.2. The topological polar surface area (TPSA) is 127 Å². The Morgan fingerprint density at radius 2 is 0.939 bits per heavy atom. The Balaban J connectivity index is 1.30. The third kappa shape index (κ3) is 9.97. The van der Waals surface area contributed by atoms with E-state index in [-0.39, 0.29) is 0 Å². The Labute approximate surface area is 289 Å². The molecule has 0 saturated carbocycles. The third-order valence-corrected chi connectivity index (χ3v) is 8.12. The highest BCUT2D eigenvalue weighted by molar-refractivity contribution is 5.62. The van der Waals surface area contributed by atoms with Crippen molar-refractivity contribution in [3.05, 3.63) is 107 Å². The standard InChI is InChI=1S/C38H45N11/c1-7-49(8-2)25-11-24-39-36-42-37(40-30-16-20-32(21-17-30)45-47-34-26(3)12-9-13-27(34)4)44-38(43-36)41-31-18-22-33(23-19-31)46-48-35-28(5)14-10-15-29(35)6/h9-10,12-23H,7-8,11,24-25H2,1-6H3,(H3,39,40,41,42,43,44). The molecule has 0 bridgehead atoms. The van der Waals surface area contributed by atoms with E-state index >= 15 is 0 Å². The number of aryl methyl sites for hydroxylation is 4.